The van der Waals surface area contributed by atoms with Gasteiger partial charge in [0.05, 0.1) is 6.54 Å². The van der Waals surface area contributed by atoms with Crippen LogP contribution in [0, 0.1) is 5.92 Å². The molecule has 2 heterocycles. The van der Waals surface area contributed by atoms with Gasteiger partial charge in [-0.2, -0.15) is 0 Å². The molecule has 0 aromatic rings. The third-order valence-corrected chi connectivity index (χ3v) is 5.84. The van der Waals surface area contributed by atoms with E-state index in [2.05, 4.69) is 51.7 Å². The SMILES string of the molecule is CC1CN(C2=NCC(CBr)S2)CC1N(C)C. The van der Waals surface area contributed by atoms with Crippen molar-refractivity contribution in [2.45, 2.75) is 18.2 Å². The minimum absolute atomic E-state index is 0.642. The lowest BCUT2D eigenvalue weighted by Gasteiger charge is -2.22. The fraction of sp³-hybridized carbons (Fsp3) is 0.909. The van der Waals surface area contributed by atoms with Gasteiger partial charge < -0.3 is 9.80 Å². The van der Waals surface area contributed by atoms with Crippen LogP contribution in [-0.4, -0.2) is 65.3 Å². The van der Waals surface area contributed by atoms with Crippen LogP contribution in [0.1, 0.15) is 6.92 Å². The average molecular weight is 306 g/mol. The number of amidine groups is 1. The van der Waals surface area contributed by atoms with Crippen molar-refractivity contribution in [3.05, 3.63) is 0 Å². The van der Waals surface area contributed by atoms with E-state index in [0.29, 0.717) is 11.3 Å². The van der Waals surface area contributed by atoms with Crippen LogP contribution in [0.25, 0.3) is 0 Å². The molecular formula is C11H20BrN3S. The quantitative estimate of drug-likeness (QED) is 0.724. The van der Waals surface area contributed by atoms with Gasteiger partial charge >= 0.3 is 0 Å². The summed E-state index contributed by atoms with van der Waals surface area (Å²) in [6.45, 7) is 5.61. The van der Waals surface area contributed by atoms with Crippen molar-refractivity contribution in [1.82, 2.24) is 9.80 Å². The summed E-state index contributed by atoms with van der Waals surface area (Å²) in [6.07, 6.45) is 0. The number of nitrogens with zero attached hydrogens (tertiary/aromatic N) is 3. The van der Waals surface area contributed by atoms with Gasteiger partial charge in [-0.25, -0.2) is 0 Å². The van der Waals surface area contributed by atoms with Gasteiger partial charge in [-0.1, -0.05) is 34.6 Å². The predicted octanol–water partition coefficient (Wildman–Crippen LogP) is 1.73. The number of likely N-dealkylation sites (tertiary alicyclic amines) is 1. The Morgan fingerprint density at radius 2 is 2.25 bits per heavy atom. The van der Waals surface area contributed by atoms with E-state index in [-0.39, 0.29) is 0 Å². The Morgan fingerprint density at radius 3 is 2.75 bits per heavy atom. The molecule has 2 aliphatic rings. The van der Waals surface area contributed by atoms with Crippen LogP contribution in [0.5, 0.6) is 0 Å². The molecule has 3 unspecified atom stereocenters. The van der Waals surface area contributed by atoms with Crippen LogP contribution in [0.15, 0.2) is 4.99 Å². The van der Waals surface area contributed by atoms with Crippen LogP contribution in [0.2, 0.25) is 0 Å². The molecule has 0 radical (unpaired) electrons. The lowest BCUT2D eigenvalue weighted by Crippen LogP contribution is -2.35. The second-order valence-electron chi connectivity index (χ2n) is 4.93. The first-order valence-corrected chi connectivity index (χ1v) is 7.80. The zero-order chi connectivity index (χ0) is 11.7. The molecule has 2 rings (SSSR count). The molecule has 0 spiro atoms. The third-order valence-electron chi connectivity index (χ3n) is 3.38. The van der Waals surface area contributed by atoms with Gasteiger partial charge in [0.15, 0.2) is 5.17 Å². The number of aliphatic imine (C=N–C) groups is 1. The van der Waals surface area contributed by atoms with Crippen molar-refractivity contribution in [3.8, 4) is 0 Å². The lowest BCUT2D eigenvalue weighted by molar-refractivity contribution is 0.262. The maximum Gasteiger partial charge on any atom is 0.159 e. The Labute approximate surface area is 111 Å². The number of hydrogen-bond acceptors (Lipinski definition) is 4. The summed E-state index contributed by atoms with van der Waals surface area (Å²) in [6, 6.07) is 0.673. The smallest absolute Gasteiger partial charge is 0.159 e. The molecule has 1 fully saturated rings. The number of alkyl halides is 1. The second kappa shape index (κ2) is 5.27. The van der Waals surface area contributed by atoms with E-state index in [1.807, 2.05) is 11.8 Å². The van der Waals surface area contributed by atoms with Crippen LogP contribution >= 0.6 is 27.7 Å². The van der Waals surface area contributed by atoms with Gasteiger partial charge in [-0.05, 0) is 20.0 Å². The molecule has 5 heteroatoms. The molecule has 0 saturated carbocycles. The first-order chi connectivity index (χ1) is 7.61. The van der Waals surface area contributed by atoms with Gasteiger partial charge in [0.1, 0.15) is 0 Å². The third kappa shape index (κ3) is 2.57. The molecule has 0 aromatic heterocycles. The molecule has 0 aromatic carbocycles. The average Bonchev–Trinajstić information content (AvgIpc) is 2.83. The van der Waals surface area contributed by atoms with Gasteiger partial charge in [0, 0.05) is 29.7 Å². The summed E-state index contributed by atoms with van der Waals surface area (Å²) < 4.78 is 0. The van der Waals surface area contributed by atoms with Gasteiger partial charge in [-0.3, -0.25) is 4.99 Å². The van der Waals surface area contributed by atoms with E-state index in [1.54, 1.807) is 0 Å². The first kappa shape index (κ1) is 12.7. The van der Waals surface area contributed by atoms with Crippen LogP contribution in [-0.2, 0) is 0 Å². The molecule has 1 saturated heterocycles. The summed E-state index contributed by atoms with van der Waals surface area (Å²) in [4.78, 5) is 9.46. The second-order valence-corrected chi connectivity index (χ2v) is 6.85. The summed E-state index contributed by atoms with van der Waals surface area (Å²) in [5, 5.41) is 2.95. The molecule has 0 N–H and O–H groups in total. The van der Waals surface area contributed by atoms with Crippen LogP contribution in [0.3, 0.4) is 0 Å². The summed E-state index contributed by atoms with van der Waals surface area (Å²) in [7, 11) is 4.35. The Balaban J connectivity index is 1.94. The monoisotopic (exact) mass is 305 g/mol. The fourth-order valence-corrected chi connectivity index (χ4v) is 4.00. The van der Waals surface area contributed by atoms with Gasteiger partial charge in [-0.15, -0.1) is 0 Å². The lowest BCUT2D eigenvalue weighted by atomic mass is 10.1. The van der Waals surface area contributed by atoms with Crippen molar-refractivity contribution >= 4 is 32.9 Å². The van der Waals surface area contributed by atoms with Crippen molar-refractivity contribution in [3.63, 3.8) is 0 Å². The number of likely N-dealkylation sites (N-methyl/N-ethyl adjacent to an activating group) is 1. The van der Waals surface area contributed by atoms with Crippen LogP contribution in [0.4, 0.5) is 0 Å². The summed E-state index contributed by atoms with van der Waals surface area (Å²) in [5.74, 6) is 0.737. The van der Waals surface area contributed by atoms with E-state index >= 15 is 0 Å². The van der Waals surface area contributed by atoms with E-state index in [0.717, 1.165) is 30.9 Å². The molecule has 92 valence electrons. The number of thioether (sulfide) groups is 1. The highest BCUT2D eigenvalue weighted by molar-refractivity contribution is 9.09. The largest absolute Gasteiger partial charge is 0.350 e. The molecule has 0 amide bonds. The Morgan fingerprint density at radius 1 is 1.50 bits per heavy atom. The van der Waals surface area contributed by atoms with Crippen molar-refractivity contribution in [2.24, 2.45) is 10.9 Å². The summed E-state index contributed by atoms with van der Waals surface area (Å²) >= 11 is 5.47. The van der Waals surface area contributed by atoms with Gasteiger partial charge in [0.2, 0.25) is 0 Å². The highest BCUT2D eigenvalue weighted by Gasteiger charge is 2.34. The standard InChI is InChI=1S/C11H20BrN3S/c1-8-6-15(7-10(8)14(2)3)11-13-5-9(4-12)16-11/h8-10H,4-7H2,1-3H3. The fourth-order valence-electron chi connectivity index (χ4n) is 2.44. The minimum atomic E-state index is 0.642. The molecule has 0 aliphatic carbocycles. The number of hydrogen-bond donors (Lipinski definition) is 0. The van der Waals surface area contributed by atoms with Crippen molar-refractivity contribution in [2.75, 3.05) is 39.1 Å². The number of halogens is 1. The predicted molar refractivity (Wildman–Crippen MR) is 75.7 cm³/mol. The Hall–Kier alpha value is 0.260. The van der Waals surface area contributed by atoms with Crippen molar-refractivity contribution < 1.29 is 0 Å². The molecule has 3 atom stereocenters. The number of rotatable bonds is 2. The molecule has 16 heavy (non-hydrogen) atoms. The highest BCUT2D eigenvalue weighted by atomic mass is 79.9. The van der Waals surface area contributed by atoms with Crippen LogP contribution < -0.4 is 0 Å². The van der Waals surface area contributed by atoms with E-state index < -0.39 is 0 Å². The molecule has 0 bridgehead atoms. The van der Waals surface area contributed by atoms with Crippen molar-refractivity contribution in [1.29, 1.82) is 0 Å². The zero-order valence-electron chi connectivity index (χ0n) is 10.2. The van der Waals surface area contributed by atoms with E-state index in [9.17, 15) is 0 Å². The van der Waals surface area contributed by atoms with E-state index in [1.165, 1.54) is 5.17 Å². The summed E-state index contributed by atoms with van der Waals surface area (Å²) in [5.41, 5.74) is 0. The Kier molecular flexibility index (Phi) is 4.19. The molecular weight excluding hydrogens is 286 g/mol. The topological polar surface area (TPSA) is 18.8 Å². The molecule has 3 nitrogen and oxygen atoms in total. The minimum Gasteiger partial charge on any atom is -0.350 e. The normalized spacial score (nSPS) is 34.9. The van der Waals surface area contributed by atoms with E-state index in [4.69, 9.17) is 0 Å². The molecule has 2 aliphatic heterocycles. The first-order valence-electron chi connectivity index (χ1n) is 5.80. The zero-order valence-corrected chi connectivity index (χ0v) is 12.6. The van der Waals surface area contributed by atoms with Gasteiger partial charge in [0.25, 0.3) is 0 Å². The highest BCUT2D eigenvalue weighted by Crippen LogP contribution is 2.29. The maximum atomic E-state index is 4.66. The maximum absolute atomic E-state index is 4.66. The Bertz CT molecular complexity index is 282.